The van der Waals surface area contributed by atoms with E-state index in [9.17, 15) is 9.59 Å². The van der Waals surface area contributed by atoms with Crippen LogP contribution in [-0.4, -0.2) is 11.8 Å². The topological polar surface area (TPSA) is 58.2 Å². The largest absolute Gasteiger partial charge is 0.318 e. The van der Waals surface area contributed by atoms with Gasteiger partial charge in [-0.2, -0.15) is 0 Å². The van der Waals surface area contributed by atoms with Crippen molar-refractivity contribution in [2.75, 3.05) is 10.6 Å². The molecule has 0 aliphatic carbocycles. The van der Waals surface area contributed by atoms with E-state index < -0.39 is 11.8 Å². The van der Waals surface area contributed by atoms with Crippen LogP contribution < -0.4 is 10.6 Å². The summed E-state index contributed by atoms with van der Waals surface area (Å²) in [7, 11) is 0. The zero-order chi connectivity index (χ0) is 16.1. The van der Waals surface area contributed by atoms with Crippen molar-refractivity contribution in [2.24, 2.45) is 0 Å². The SMILES string of the molecule is CCc1ccccc1NC(=O)C(=O)Nc1cccc(C)c1C. The molecule has 2 aromatic rings. The molecule has 0 heterocycles. The van der Waals surface area contributed by atoms with E-state index >= 15 is 0 Å². The van der Waals surface area contributed by atoms with Crippen molar-refractivity contribution in [2.45, 2.75) is 27.2 Å². The van der Waals surface area contributed by atoms with Crippen LogP contribution in [0.15, 0.2) is 42.5 Å². The van der Waals surface area contributed by atoms with Gasteiger partial charge in [0.1, 0.15) is 0 Å². The van der Waals surface area contributed by atoms with E-state index in [0.717, 1.165) is 23.1 Å². The van der Waals surface area contributed by atoms with E-state index in [2.05, 4.69) is 10.6 Å². The van der Waals surface area contributed by atoms with Gasteiger partial charge in [0.15, 0.2) is 0 Å². The minimum atomic E-state index is -0.667. The summed E-state index contributed by atoms with van der Waals surface area (Å²) in [4.78, 5) is 24.1. The Morgan fingerprint density at radius 1 is 0.864 bits per heavy atom. The molecule has 0 radical (unpaired) electrons. The second kappa shape index (κ2) is 6.89. The lowest BCUT2D eigenvalue weighted by molar-refractivity contribution is -0.133. The Morgan fingerprint density at radius 3 is 2.14 bits per heavy atom. The first-order valence-electron chi connectivity index (χ1n) is 7.29. The first-order valence-corrected chi connectivity index (χ1v) is 7.29. The molecule has 0 saturated carbocycles. The van der Waals surface area contributed by atoms with Gasteiger partial charge in [0, 0.05) is 11.4 Å². The Balaban J connectivity index is 2.10. The minimum absolute atomic E-state index is 0.656. The zero-order valence-corrected chi connectivity index (χ0v) is 13.1. The predicted molar refractivity (Wildman–Crippen MR) is 89.0 cm³/mol. The van der Waals surface area contributed by atoms with Gasteiger partial charge in [-0.25, -0.2) is 0 Å². The van der Waals surface area contributed by atoms with E-state index in [0.29, 0.717) is 11.4 Å². The minimum Gasteiger partial charge on any atom is -0.318 e. The molecule has 0 aromatic heterocycles. The molecule has 22 heavy (non-hydrogen) atoms. The molecule has 0 spiro atoms. The number of aryl methyl sites for hydroxylation is 2. The standard InChI is InChI=1S/C18H20N2O2/c1-4-14-9-5-6-10-16(14)20-18(22)17(21)19-15-11-7-8-12(2)13(15)3/h5-11H,4H2,1-3H3,(H,19,21)(H,20,22). The second-order valence-corrected chi connectivity index (χ2v) is 5.17. The molecular weight excluding hydrogens is 276 g/mol. The Bertz CT molecular complexity index is 708. The van der Waals surface area contributed by atoms with Crippen LogP contribution >= 0.6 is 0 Å². The van der Waals surface area contributed by atoms with Gasteiger partial charge in [-0.1, -0.05) is 37.3 Å². The van der Waals surface area contributed by atoms with Crippen LogP contribution in [-0.2, 0) is 16.0 Å². The van der Waals surface area contributed by atoms with Gasteiger partial charge in [0.05, 0.1) is 0 Å². The fourth-order valence-corrected chi connectivity index (χ4v) is 2.20. The summed E-state index contributed by atoms with van der Waals surface area (Å²) < 4.78 is 0. The quantitative estimate of drug-likeness (QED) is 0.852. The van der Waals surface area contributed by atoms with Crippen molar-refractivity contribution in [3.63, 3.8) is 0 Å². The van der Waals surface area contributed by atoms with Crippen LogP contribution in [0.4, 0.5) is 11.4 Å². The average molecular weight is 296 g/mol. The second-order valence-electron chi connectivity index (χ2n) is 5.17. The summed E-state index contributed by atoms with van der Waals surface area (Å²) in [5.41, 5.74) is 4.34. The van der Waals surface area contributed by atoms with Gasteiger partial charge in [0.25, 0.3) is 0 Å². The van der Waals surface area contributed by atoms with Crippen molar-refractivity contribution >= 4 is 23.2 Å². The molecule has 2 amide bonds. The third kappa shape index (κ3) is 3.52. The highest BCUT2D eigenvalue weighted by atomic mass is 16.2. The molecule has 0 saturated heterocycles. The van der Waals surface area contributed by atoms with Crippen LogP contribution in [0.5, 0.6) is 0 Å². The summed E-state index contributed by atoms with van der Waals surface area (Å²) in [6, 6.07) is 13.1. The van der Waals surface area contributed by atoms with E-state index in [4.69, 9.17) is 0 Å². The Kier molecular flexibility index (Phi) is 4.94. The molecule has 0 unspecified atom stereocenters. The van der Waals surface area contributed by atoms with Gasteiger partial charge >= 0.3 is 11.8 Å². The normalized spacial score (nSPS) is 10.1. The van der Waals surface area contributed by atoms with Crippen molar-refractivity contribution in [3.8, 4) is 0 Å². The molecule has 4 heteroatoms. The molecule has 0 atom stereocenters. The molecule has 2 rings (SSSR count). The first kappa shape index (κ1) is 15.8. The van der Waals surface area contributed by atoms with Crippen LogP contribution in [0.3, 0.4) is 0 Å². The predicted octanol–water partition coefficient (Wildman–Crippen LogP) is 3.44. The number of benzene rings is 2. The number of para-hydroxylation sites is 1. The zero-order valence-electron chi connectivity index (χ0n) is 13.1. The van der Waals surface area contributed by atoms with Crippen molar-refractivity contribution in [3.05, 3.63) is 59.2 Å². The van der Waals surface area contributed by atoms with Crippen LogP contribution in [0, 0.1) is 13.8 Å². The lowest BCUT2D eigenvalue weighted by Crippen LogP contribution is -2.29. The fraction of sp³-hybridized carbons (Fsp3) is 0.222. The number of nitrogens with one attached hydrogen (secondary N) is 2. The van der Waals surface area contributed by atoms with Gasteiger partial charge in [-0.3, -0.25) is 9.59 Å². The maximum Gasteiger partial charge on any atom is 0.314 e. The number of carbonyl (C=O) groups is 2. The number of carbonyl (C=O) groups excluding carboxylic acids is 2. The van der Waals surface area contributed by atoms with E-state index in [1.807, 2.05) is 51.1 Å². The highest BCUT2D eigenvalue weighted by Gasteiger charge is 2.16. The number of hydrogen-bond acceptors (Lipinski definition) is 2. The summed E-state index contributed by atoms with van der Waals surface area (Å²) in [5.74, 6) is -1.33. The van der Waals surface area contributed by atoms with E-state index in [-0.39, 0.29) is 0 Å². The van der Waals surface area contributed by atoms with Crippen LogP contribution in [0.1, 0.15) is 23.6 Å². The van der Waals surface area contributed by atoms with Crippen LogP contribution in [0.2, 0.25) is 0 Å². The summed E-state index contributed by atoms with van der Waals surface area (Å²) in [5, 5.41) is 5.32. The van der Waals surface area contributed by atoms with Gasteiger partial charge in [-0.05, 0) is 49.1 Å². The highest BCUT2D eigenvalue weighted by molar-refractivity contribution is 6.43. The average Bonchev–Trinajstić information content (AvgIpc) is 2.52. The number of anilines is 2. The smallest absolute Gasteiger partial charge is 0.314 e. The van der Waals surface area contributed by atoms with E-state index in [1.54, 1.807) is 12.1 Å². The highest BCUT2D eigenvalue weighted by Crippen LogP contribution is 2.18. The van der Waals surface area contributed by atoms with E-state index in [1.165, 1.54) is 0 Å². The molecule has 0 aliphatic heterocycles. The van der Waals surface area contributed by atoms with Gasteiger partial charge in [-0.15, -0.1) is 0 Å². The maximum atomic E-state index is 12.1. The molecule has 2 aromatic carbocycles. The summed E-state index contributed by atoms with van der Waals surface area (Å²) in [6.07, 6.45) is 0.787. The lowest BCUT2D eigenvalue weighted by atomic mass is 10.1. The van der Waals surface area contributed by atoms with Crippen molar-refractivity contribution in [1.29, 1.82) is 0 Å². The van der Waals surface area contributed by atoms with Crippen molar-refractivity contribution in [1.82, 2.24) is 0 Å². The van der Waals surface area contributed by atoms with Crippen molar-refractivity contribution < 1.29 is 9.59 Å². The third-order valence-electron chi connectivity index (χ3n) is 3.71. The first-order chi connectivity index (χ1) is 10.5. The Morgan fingerprint density at radius 2 is 1.45 bits per heavy atom. The Hall–Kier alpha value is -2.62. The number of rotatable bonds is 3. The van der Waals surface area contributed by atoms with Gasteiger partial charge < -0.3 is 10.6 Å². The molecular formula is C18H20N2O2. The number of amides is 2. The van der Waals surface area contributed by atoms with Crippen LogP contribution in [0.25, 0.3) is 0 Å². The molecule has 2 N–H and O–H groups in total. The summed E-state index contributed by atoms with van der Waals surface area (Å²) >= 11 is 0. The molecule has 0 bridgehead atoms. The molecule has 114 valence electrons. The number of hydrogen-bond donors (Lipinski definition) is 2. The van der Waals surface area contributed by atoms with Gasteiger partial charge in [0.2, 0.25) is 0 Å². The third-order valence-corrected chi connectivity index (χ3v) is 3.71. The molecule has 0 fully saturated rings. The molecule has 0 aliphatic rings. The fourth-order valence-electron chi connectivity index (χ4n) is 2.20. The maximum absolute atomic E-state index is 12.1. The lowest BCUT2D eigenvalue weighted by Gasteiger charge is -2.12. The summed E-state index contributed by atoms with van der Waals surface area (Å²) in [6.45, 7) is 5.87. The molecule has 4 nitrogen and oxygen atoms in total. The Labute approximate surface area is 130 Å². The monoisotopic (exact) mass is 296 g/mol.